The smallest absolute Gasteiger partial charge is 0.0847 e. The van der Waals surface area contributed by atoms with Crippen molar-refractivity contribution in [2.24, 2.45) is 0 Å². The highest BCUT2D eigenvalue weighted by Crippen LogP contribution is 2.36. The molecule has 0 bridgehead atoms. The Labute approximate surface area is 137 Å². The number of alkyl halides is 1. The van der Waals surface area contributed by atoms with Gasteiger partial charge in [0.25, 0.3) is 0 Å². The molecule has 114 valence electrons. The molecule has 0 spiro atoms. The summed E-state index contributed by atoms with van der Waals surface area (Å²) in [6.45, 7) is 7.04. The average molecular weight is 325 g/mol. The standard InChI is InChI=1S/C17H22Cl2N2/c1-4-17(12-18,14-9-7-6-8-10-14)11-15-16(19)13(3)20-21(15)5-2/h6-10H,4-5,11-12H2,1-3H3. The molecule has 1 atom stereocenters. The zero-order valence-electron chi connectivity index (χ0n) is 12.9. The molecule has 0 aliphatic heterocycles. The Kier molecular flexibility index (Phi) is 5.34. The van der Waals surface area contributed by atoms with E-state index in [1.54, 1.807) is 0 Å². The van der Waals surface area contributed by atoms with E-state index in [0.29, 0.717) is 5.88 Å². The lowest BCUT2D eigenvalue weighted by Crippen LogP contribution is -2.31. The number of halogens is 2. The van der Waals surface area contributed by atoms with E-state index in [9.17, 15) is 0 Å². The van der Waals surface area contributed by atoms with Crippen molar-refractivity contribution in [2.75, 3.05) is 5.88 Å². The summed E-state index contributed by atoms with van der Waals surface area (Å²) in [5.41, 5.74) is 3.13. The van der Waals surface area contributed by atoms with Crippen molar-refractivity contribution >= 4 is 23.2 Å². The topological polar surface area (TPSA) is 17.8 Å². The van der Waals surface area contributed by atoms with Gasteiger partial charge in [-0.1, -0.05) is 48.9 Å². The van der Waals surface area contributed by atoms with Gasteiger partial charge in [0.15, 0.2) is 0 Å². The van der Waals surface area contributed by atoms with Gasteiger partial charge in [0, 0.05) is 24.3 Å². The molecule has 0 N–H and O–H groups in total. The van der Waals surface area contributed by atoms with Crippen LogP contribution in [-0.4, -0.2) is 15.7 Å². The highest BCUT2D eigenvalue weighted by Gasteiger charge is 2.32. The molecule has 0 saturated heterocycles. The minimum Gasteiger partial charge on any atom is -0.268 e. The van der Waals surface area contributed by atoms with Crippen LogP contribution in [0.3, 0.4) is 0 Å². The Hall–Kier alpha value is -0.990. The second-order valence-corrected chi connectivity index (χ2v) is 6.12. The number of nitrogens with zero attached hydrogens (tertiary/aromatic N) is 2. The number of aromatic nitrogens is 2. The third kappa shape index (κ3) is 3.12. The zero-order valence-corrected chi connectivity index (χ0v) is 14.4. The summed E-state index contributed by atoms with van der Waals surface area (Å²) in [6, 6.07) is 10.5. The Morgan fingerprint density at radius 1 is 1.19 bits per heavy atom. The van der Waals surface area contributed by atoms with E-state index in [1.807, 2.05) is 17.7 Å². The minimum absolute atomic E-state index is 0.105. The van der Waals surface area contributed by atoms with Gasteiger partial charge >= 0.3 is 0 Å². The van der Waals surface area contributed by atoms with E-state index < -0.39 is 0 Å². The number of hydrogen-bond acceptors (Lipinski definition) is 1. The first-order chi connectivity index (χ1) is 10.1. The summed E-state index contributed by atoms with van der Waals surface area (Å²) in [6.07, 6.45) is 1.77. The van der Waals surface area contributed by atoms with Crippen molar-refractivity contribution in [1.82, 2.24) is 9.78 Å². The predicted molar refractivity (Wildman–Crippen MR) is 90.5 cm³/mol. The van der Waals surface area contributed by atoms with Crippen LogP contribution in [0.5, 0.6) is 0 Å². The fourth-order valence-corrected chi connectivity index (χ4v) is 3.44. The van der Waals surface area contributed by atoms with E-state index in [4.69, 9.17) is 23.2 Å². The van der Waals surface area contributed by atoms with Crippen LogP contribution in [-0.2, 0) is 18.4 Å². The van der Waals surface area contributed by atoms with Crippen LogP contribution in [0.2, 0.25) is 5.02 Å². The predicted octanol–water partition coefficient (Wildman–Crippen LogP) is 4.99. The summed E-state index contributed by atoms with van der Waals surface area (Å²) in [4.78, 5) is 0. The second-order valence-electron chi connectivity index (χ2n) is 5.47. The molecule has 21 heavy (non-hydrogen) atoms. The van der Waals surface area contributed by atoms with E-state index >= 15 is 0 Å². The van der Waals surface area contributed by atoms with E-state index in [0.717, 1.165) is 35.8 Å². The number of rotatable bonds is 6. The lowest BCUT2D eigenvalue weighted by Gasteiger charge is -2.31. The highest BCUT2D eigenvalue weighted by molar-refractivity contribution is 6.31. The van der Waals surface area contributed by atoms with Crippen LogP contribution in [0.25, 0.3) is 0 Å². The molecule has 1 unspecified atom stereocenters. The molecular weight excluding hydrogens is 303 g/mol. The molecular formula is C17H22Cl2N2. The van der Waals surface area contributed by atoms with Crippen LogP contribution in [0.4, 0.5) is 0 Å². The van der Waals surface area contributed by atoms with Crippen LogP contribution < -0.4 is 0 Å². The maximum absolute atomic E-state index is 6.47. The van der Waals surface area contributed by atoms with Crippen molar-refractivity contribution in [1.29, 1.82) is 0 Å². The molecule has 2 aromatic rings. The maximum atomic E-state index is 6.47. The van der Waals surface area contributed by atoms with Crippen molar-refractivity contribution in [3.05, 3.63) is 52.3 Å². The Morgan fingerprint density at radius 2 is 1.86 bits per heavy atom. The van der Waals surface area contributed by atoms with E-state index in [2.05, 4.69) is 43.2 Å². The Bertz CT molecular complexity index is 586. The third-order valence-electron chi connectivity index (χ3n) is 4.28. The molecule has 0 radical (unpaired) electrons. The molecule has 0 aliphatic rings. The monoisotopic (exact) mass is 324 g/mol. The van der Waals surface area contributed by atoms with Gasteiger partial charge in [-0.3, -0.25) is 4.68 Å². The molecule has 0 aliphatic carbocycles. The van der Waals surface area contributed by atoms with Gasteiger partial charge in [0.2, 0.25) is 0 Å². The quantitative estimate of drug-likeness (QED) is 0.684. The average Bonchev–Trinajstić information content (AvgIpc) is 2.80. The zero-order chi connectivity index (χ0) is 15.5. The van der Waals surface area contributed by atoms with Crippen molar-refractivity contribution in [2.45, 2.75) is 45.6 Å². The van der Waals surface area contributed by atoms with Gasteiger partial charge in [-0.25, -0.2) is 0 Å². The summed E-state index contributed by atoms with van der Waals surface area (Å²) >= 11 is 12.9. The van der Waals surface area contributed by atoms with Gasteiger partial charge in [0.05, 0.1) is 16.4 Å². The Morgan fingerprint density at radius 3 is 2.38 bits per heavy atom. The van der Waals surface area contributed by atoms with Gasteiger partial charge in [-0.2, -0.15) is 5.10 Å². The maximum Gasteiger partial charge on any atom is 0.0847 e. The Balaban J connectivity index is 2.46. The molecule has 2 nitrogen and oxygen atoms in total. The number of aryl methyl sites for hydroxylation is 2. The van der Waals surface area contributed by atoms with Crippen LogP contribution in [0.15, 0.2) is 30.3 Å². The largest absolute Gasteiger partial charge is 0.268 e. The molecule has 0 fully saturated rings. The molecule has 1 aromatic heterocycles. The van der Waals surface area contributed by atoms with Crippen LogP contribution in [0.1, 0.15) is 37.2 Å². The van der Waals surface area contributed by atoms with E-state index in [1.165, 1.54) is 5.56 Å². The first-order valence-electron chi connectivity index (χ1n) is 7.41. The molecule has 1 aromatic carbocycles. The second kappa shape index (κ2) is 6.85. The summed E-state index contributed by atoms with van der Waals surface area (Å²) in [5, 5.41) is 5.29. The van der Waals surface area contributed by atoms with Gasteiger partial charge in [-0.15, -0.1) is 11.6 Å². The summed E-state index contributed by atoms with van der Waals surface area (Å²) in [7, 11) is 0. The minimum atomic E-state index is -0.105. The van der Waals surface area contributed by atoms with E-state index in [-0.39, 0.29) is 5.41 Å². The molecule has 1 heterocycles. The third-order valence-corrected chi connectivity index (χ3v) is 5.28. The lowest BCUT2D eigenvalue weighted by atomic mass is 9.76. The normalized spacial score (nSPS) is 14.1. The van der Waals surface area contributed by atoms with Gasteiger partial charge in [0.1, 0.15) is 0 Å². The van der Waals surface area contributed by atoms with Crippen molar-refractivity contribution in [3.63, 3.8) is 0 Å². The number of benzene rings is 1. The fraction of sp³-hybridized carbons (Fsp3) is 0.471. The molecule has 0 amide bonds. The van der Waals surface area contributed by atoms with Crippen molar-refractivity contribution in [3.8, 4) is 0 Å². The van der Waals surface area contributed by atoms with Gasteiger partial charge < -0.3 is 0 Å². The lowest BCUT2D eigenvalue weighted by molar-refractivity contribution is 0.437. The number of hydrogen-bond donors (Lipinski definition) is 0. The van der Waals surface area contributed by atoms with Crippen molar-refractivity contribution < 1.29 is 0 Å². The summed E-state index contributed by atoms with van der Waals surface area (Å²) < 4.78 is 2.00. The fourth-order valence-electron chi connectivity index (χ4n) is 2.80. The molecule has 0 saturated carbocycles. The van der Waals surface area contributed by atoms with Gasteiger partial charge in [-0.05, 0) is 25.8 Å². The first-order valence-corrected chi connectivity index (χ1v) is 8.32. The van der Waals surface area contributed by atoms with Crippen LogP contribution >= 0.6 is 23.2 Å². The SMILES string of the molecule is CCn1nc(C)c(Cl)c1CC(CC)(CCl)c1ccccc1. The molecule has 2 rings (SSSR count). The molecule has 4 heteroatoms. The summed E-state index contributed by atoms with van der Waals surface area (Å²) in [5.74, 6) is 0.567. The highest BCUT2D eigenvalue weighted by atomic mass is 35.5. The van der Waals surface area contributed by atoms with Crippen LogP contribution in [0, 0.1) is 6.92 Å². The first kappa shape index (κ1) is 16.4.